The summed E-state index contributed by atoms with van der Waals surface area (Å²) >= 11 is 2.03. The van der Waals surface area contributed by atoms with E-state index in [2.05, 4.69) is 54.0 Å². The molecular weight excluding hydrogens is 250 g/mol. The quantitative estimate of drug-likeness (QED) is 0.874. The Morgan fingerprint density at radius 3 is 2.58 bits per heavy atom. The third-order valence-corrected chi connectivity index (χ3v) is 5.71. The summed E-state index contributed by atoms with van der Waals surface area (Å²) in [6, 6.07) is 15.3. The molecule has 0 amide bonds. The van der Waals surface area contributed by atoms with Gasteiger partial charge >= 0.3 is 0 Å². The van der Waals surface area contributed by atoms with Gasteiger partial charge in [-0.2, -0.15) is 11.8 Å². The van der Waals surface area contributed by atoms with Crippen LogP contribution in [0.5, 0.6) is 0 Å². The molecule has 1 fully saturated rings. The van der Waals surface area contributed by atoms with E-state index >= 15 is 0 Å². The van der Waals surface area contributed by atoms with Crippen molar-refractivity contribution in [3.63, 3.8) is 0 Å². The average Bonchev–Trinajstić information content (AvgIpc) is 2.42. The van der Waals surface area contributed by atoms with Gasteiger partial charge in [-0.05, 0) is 41.5 Å². The van der Waals surface area contributed by atoms with Gasteiger partial charge in [0.05, 0.1) is 0 Å². The van der Waals surface area contributed by atoms with Gasteiger partial charge < -0.3 is 5.32 Å². The minimum Gasteiger partial charge on any atom is -0.311 e. The molecule has 0 radical (unpaired) electrons. The lowest BCUT2D eigenvalue weighted by Crippen LogP contribution is -2.43. The smallest absolute Gasteiger partial charge is 0.0281 e. The van der Waals surface area contributed by atoms with Crippen molar-refractivity contribution in [1.82, 2.24) is 5.32 Å². The number of rotatable bonds is 5. The van der Waals surface area contributed by atoms with Crippen molar-refractivity contribution in [1.29, 1.82) is 0 Å². The zero-order chi connectivity index (χ0) is 13.1. The summed E-state index contributed by atoms with van der Waals surface area (Å²) in [5.74, 6) is 0. The molecule has 0 aromatic heterocycles. The molecule has 0 bridgehead atoms. The monoisotopic (exact) mass is 271 g/mol. The molecule has 1 nitrogen and oxygen atoms in total. The number of hydrogen-bond acceptors (Lipinski definition) is 2. The minimum absolute atomic E-state index is 0.525. The second-order valence-corrected chi connectivity index (χ2v) is 6.80. The zero-order valence-electron chi connectivity index (χ0n) is 11.5. The maximum Gasteiger partial charge on any atom is 0.0281 e. The van der Waals surface area contributed by atoms with E-state index < -0.39 is 0 Å². The van der Waals surface area contributed by atoms with E-state index in [1.807, 2.05) is 11.8 Å². The molecule has 2 aromatic rings. The molecule has 1 aliphatic rings. The molecular formula is C17H21NS. The molecule has 3 rings (SSSR count). The van der Waals surface area contributed by atoms with Gasteiger partial charge in [0, 0.05) is 17.8 Å². The number of hydrogen-bond donors (Lipinski definition) is 1. The van der Waals surface area contributed by atoms with E-state index in [0.717, 1.165) is 13.1 Å². The topological polar surface area (TPSA) is 12.0 Å². The van der Waals surface area contributed by atoms with Crippen LogP contribution in [0.3, 0.4) is 0 Å². The van der Waals surface area contributed by atoms with Gasteiger partial charge in [-0.15, -0.1) is 0 Å². The van der Waals surface area contributed by atoms with Crippen LogP contribution in [0.15, 0.2) is 42.5 Å². The highest BCUT2D eigenvalue weighted by Gasteiger charge is 2.35. The van der Waals surface area contributed by atoms with Crippen LogP contribution < -0.4 is 5.32 Å². The number of fused-ring (bicyclic) bond motifs is 1. The lowest BCUT2D eigenvalue weighted by atomic mass is 9.84. The van der Waals surface area contributed by atoms with Gasteiger partial charge in [0.15, 0.2) is 0 Å². The molecule has 0 atom stereocenters. The molecule has 0 spiro atoms. The molecule has 0 unspecified atom stereocenters. The molecule has 0 saturated heterocycles. The maximum absolute atomic E-state index is 3.64. The lowest BCUT2D eigenvalue weighted by molar-refractivity contribution is 0.345. The van der Waals surface area contributed by atoms with Crippen LogP contribution in [0.4, 0.5) is 0 Å². The van der Waals surface area contributed by atoms with Gasteiger partial charge in [0.25, 0.3) is 0 Å². The van der Waals surface area contributed by atoms with Crippen LogP contribution in [-0.2, 0) is 6.54 Å². The summed E-state index contributed by atoms with van der Waals surface area (Å²) in [6.45, 7) is 2.12. The second-order valence-electron chi connectivity index (χ2n) is 5.53. The number of benzene rings is 2. The first kappa shape index (κ1) is 13.0. The summed E-state index contributed by atoms with van der Waals surface area (Å²) in [5, 5.41) is 6.30. The summed E-state index contributed by atoms with van der Waals surface area (Å²) in [4.78, 5) is 0. The summed E-state index contributed by atoms with van der Waals surface area (Å²) < 4.78 is 0.525. The molecule has 1 N–H and O–H groups in total. The van der Waals surface area contributed by atoms with Crippen molar-refractivity contribution < 1.29 is 0 Å². The first-order valence-corrected chi connectivity index (χ1v) is 8.27. The van der Waals surface area contributed by atoms with E-state index in [4.69, 9.17) is 0 Å². The highest BCUT2D eigenvalue weighted by atomic mass is 32.2. The normalized spacial score (nSPS) is 17.3. The molecule has 1 aliphatic carbocycles. The Labute approximate surface area is 119 Å². The van der Waals surface area contributed by atoms with Crippen LogP contribution in [0, 0.1) is 0 Å². The van der Waals surface area contributed by atoms with Crippen molar-refractivity contribution in [2.75, 3.05) is 12.8 Å². The SMILES string of the molecule is CSC1(CNCc2ccc3ccccc3c2)CCC1. The first-order valence-electron chi connectivity index (χ1n) is 7.05. The Morgan fingerprint density at radius 1 is 1.11 bits per heavy atom. The van der Waals surface area contributed by atoms with Gasteiger partial charge in [0.1, 0.15) is 0 Å². The van der Waals surface area contributed by atoms with Gasteiger partial charge in [0.2, 0.25) is 0 Å². The van der Waals surface area contributed by atoms with Crippen LogP contribution in [-0.4, -0.2) is 17.5 Å². The Bertz CT molecular complexity index is 554. The van der Waals surface area contributed by atoms with E-state index in [-0.39, 0.29) is 0 Å². The fourth-order valence-electron chi connectivity index (χ4n) is 2.81. The Morgan fingerprint density at radius 2 is 1.89 bits per heavy atom. The molecule has 19 heavy (non-hydrogen) atoms. The Balaban J connectivity index is 1.62. The average molecular weight is 271 g/mol. The van der Waals surface area contributed by atoms with E-state index in [9.17, 15) is 0 Å². The Hall–Kier alpha value is -0.990. The predicted octanol–water partition coefficient (Wildman–Crippen LogP) is 4.22. The van der Waals surface area contributed by atoms with Crippen molar-refractivity contribution in [3.8, 4) is 0 Å². The van der Waals surface area contributed by atoms with Crippen molar-refractivity contribution in [2.24, 2.45) is 0 Å². The Kier molecular flexibility index (Phi) is 3.81. The molecule has 0 aliphatic heterocycles. The van der Waals surface area contributed by atoms with Crippen LogP contribution >= 0.6 is 11.8 Å². The largest absolute Gasteiger partial charge is 0.311 e. The predicted molar refractivity (Wildman–Crippen MR) is 85.8 cm³/mol. The second kappa shape index (κ2) is 5.56. The molecule has 2 aromatic carbocycles. The van der Waals surface area contributed by atoms with Crippen LogP contribution in [0.1, 0.15) is 24.8 Å². The highest BCUT2D eigenvalue weighted by molar-refractivity contribution is 8.00. The van der Waals surface area contributed by atoms with Gasteiger partial charge in [-0.3, -0.25) is 0 Å². The first-order chi connectivity index (χ1) is 9.31. The number of nitrogens with one attached hydrogen (secondary N) is 1. The third kappa shape index (κ3) is 2.80. The fourth-order valence-corrected chi connectivity index (χ4v) is 3.75. The third-order valence-electron chi connectivity index (χ3n) is 4.29. The molecule has 2 heteroatoms. The minimum atomic E-state index is 0.525. The van der Waals surface area contributed by atoms with Crippen molar-refractivity contribution >= 4 is 22.5 Å². The molecule has 1 saturated carbocycles. The maximum atomic E-state index is 3.64. The number of thioether (sulfide) groups is 1. The standard InChI is InChI=1S/C17H21NS/c1-19-17(9-4-10-17)13-18-12-14-7-8-15-5-2-3-6-16(15)11-14/h2-3,5-8,11,18H,4,9-10,12-13H2,1H3. The van der Waals surface area contributed by atoms with E-state index in [1.54, 1.807) is 0 Å². The van der Waals surface area contributed by atoms with E-state index in [0.29, 0.717) is 4.75 Å². The molecule has 0 heterocycles. The summed E-state index contributed by atoms with van der Waals surface area (Å²) in [6.07, 6.45) is 6.40. The fraction of sp³-hybridized carbons (Fsp3) is 0.412. The van der Waals surface area contributed by atoms with E-state index in [1.165, 1.54) is 35.6 Å². The highest BCUT2D eigenvalue weighted by Crippen LogP contribution is 2.42. The zero-order valence-corrected chi connectivity index (χ0v) is 12.3. The van der Waals surface area contributed by atoms with Crippen molar-refractivity contribution in [3.05, 3.63) is 48.0 Å². The molecule has 100 valence electrons. The van der Waals surface area contributed by atoms with Crippen molar-refractivity contribution in [2.45, 2.75) is 30.6 Å². The summed E-state index contributed by atoms with van der Waals surface area (Å²) in [5.41, 5.74) is 1.38. The van der Waals surface area contributed by atoms with Crippen LogP contribution in [0.25, 0.3) is 10.8 Å². The van der Waals surface area contributed by atoms with Crippen LogP contribution in [0.2, 0.25) is 0 Å². The van der Waals surface area contributed by atoms with Gasteiger partial charge in [-0.1, -0.05) is 42.8 Å². The van der Waals surface area contributed by atoms with Gasteiger partial charge in [-0.25, -0.2) is 0 Å². The summed E-state index contributed by atoms with van der Waals surface area (Å²) in [7, 11) is 0. The lowest BCUT2D eigenvalue weighted by Gasteiger charge is -2.40.